The van der Waals surface area contributed by atoms with E-state index in [1.807, 2.05) is 31.2 Å². The second-order valence-electron chi connectivity index (χ2n) is 3.46. The van der Waals surface area contributed by atoms with Crippen LogP contribution in [0.5, 0.6) is 0 Å². The fourth-order valence-electron chi connectivity index (χ4n) is 1.48. The Hall–Kier alpha value is -1.90. The van der Waals surface area contributed by atoms with Gasteiger partial charge in [0.2, 0.25) is 5.78 Å². The average Bonchev–Trinajstić information content (AvgIpc) is 2.74. The lowest BCUT2D eigenvalue weighted by molar-refractivity contribution is 0.0984. The maximum Gasteiger partial charge on any atom is 0.202 e. The highest BCUT2D eigenvalue weighted by atomic mass is 16.1. The number of nitrogens with one attached hydrogen (secondary N) is 1. The topological polar surface area (TPSA) is 45.8 Å². The molecule has 0 aliphatic carbocycles. The Morgan fingerprint density at radius 2 is 2.20 bits per heavy atom. The van der Waals surface area contributed by atoms with Crippen LogP contribution in [0.4, 0.5) is 0 Å². The van der Waals surface area contributed by atoms with Crippen molar-refractivity contribution in [1.29, 1.82) is 0 Å². The molecule has 2 rings (SSSR count). The number of benzene rings is 1. The molecule has 0 spiro atoms. The minimum absolute atomic E-state index is 0.0225. The molecule has 0 saturated carbocycles. The SMILES string of the molecule is Cc1ccccc1CC(=O)c1ncc[nH]1. The standard InChI is InChI=1S/C12H12N2O/c1-9-4-2-3-5-10(9)8-11(15)12-13-6-7-14-12/h2-7H,8H2,1H3,(H,13,14). The van der Waals surface area contributed by atoms with Crippen molar-refractivity contribution in [3.05, 3.63) is 53.6 Å². The zero-order chi connectivity index (χ0) is 10.7. The quantitative estimate of drug-likeness (QED) is 0.771. The van der Waals surface area contributed by atoms with Crippen molar-refractivity contribution >= 4 is 5.78 Å². The summed E-state index contributed by atoms with van der Waals surface area (Å²) in [6.45, 7) is 2.00. The van der Waals surface area contributed by atoms with Crippen LogP contribution in [-0.2, 0) is 6.42 Å². The van der Waals surface area contributed by atoms with Crippen LogP contribution in [-0.4, -0.2) is 15.8 Å². The number of imidazole rings is 1. The highest BCUT2D eigenvalue weighted by Crippen LogP contribution is 2.09. The number of carbonyl (C=O) groups excluding carboxylic acids is 1. The Morgan fingerprint density at radius 3 is 2.87 bits per heavy atom. The number of nitrogens with zero attached hydrogens (tertiary/aromatic N) is 1. The highest BCUT2D eigenvalue weighted by molar-refractivity contribution is 5.94. The van der Waals surface area contributed by atoms with E-state index in [2.05, 4.69) is 9.97 Å². The Kier molecular flexibility index (Phi) is 2.63. The van der Waals surface area contributed by atoms with Crippen LogP contribution >= 0.6 is 0 Å². The lowest BCUT2D eigenvalue weighted by Gasteiger charge is -2.02. The van der Waals surface area contributed by atoms with Gasteiger partial charge in [-0.15, -0.1) is 0 Å². The van der Waals surface area contributed by atoms with Crippen molar-refractivity contribution in [2.24, 2.45) is 0 Å². The molecule has 76 valence electrons. The van der Waals surface area contributed by atoms with Gasteiger partial charge >= 0.3 is 0 Å². The molecule has 0 aliphatic rings. The number of aryl methyl sites for hydroxylation is 1. The molecular weight excluding hydrogens is 188 g/mol. The maximum absolute atomic E-state index is 11.7. The van der Waals surface area contributed by atoms with Gasteiger partial charge in [-0.25, -0.2) is 4.98 Å². The molecule has 0 bridgehead atoms. The number of ketones is 1. The molecule has 0 unspecified atom stereocenters. The smallest absolute Gasteiger partial charge is 0.202 e. The van der Waals surface area contributed by atoms with Gasteiger partial charge in [-0.3, -0.25) is 4.79 Å². The summed E-state index contributed by atoms with van der Waals surface area (Å²) in [5, 5.41) is 0. The summed E-state index contributed by atoms with van der Waals surface area (Å²) in [6, 6.07) is 7.88. The third-order valence-electron chi connectivity index (χ3n) is 2.37. The summed E-state index contributed by atoms with van der Waals surface area (Å²) in [5.74, 6) is 0.451. The molecule has 1 N–H and O–H groups in total. The van der Waals surface area contributed by atoms with Crippen LogP contribution in [0.15, 0.2) is 36.7 Å². The van der Waals surface area contributed by atoms with E-state index in [-0.39, 0.29) is 5.78 Å². The predicted molar refractivity (Wildman–Crippen MR) is 57.8 cm³/mol. The molecule has 0 fully saturated rings. The van der Waals surface area contributed by atoms with E-state index in [4.69, 9.17) is 0 Å². The van der Waals surface area contributed by atoms with Gasteiger partial charge in [-0.2, -0.15) is 0 Å². The second kappa shape index (κ2) is 4.09. The minimum Gasteiger partial charge on any atom is -0.342 e. The van der Waals surface area contributed by atoms with Gasteiger partial charge in [0.15, 0.2) is 5.82 Å². The van der Waals surface area contributed by atoms with Gasteiger partial charge < -0.3 is 4.98 Å². The molecule has 2 aromatic rings. The number of rotatable bonds is 3. The van der Waals surface area contributed by atoms with Crippen molar-refractivity contribution in [2.75, 3.05) is 0 Å². The first-order valence-corrected chi connectivity index (χ1v) is 4.84. The summed E-state index contributed by atoms with van der Waals surface area (Å²) in [6.07, 6.45) is 3.65. The number of H-pyrrole nitrogens is 1. The Balaban J connectivity index is 2.17. The predicted octanol–water partition coefficient (Wildman–Crippen LogP) is 2.14. The minimum atomic E-state index is 0.0225. The zero-order valence-corrected chi connectivity index (χ0v) is 8.53. The van der Waals surface area contributed by atoms with Crippen molar-refractivity contribution in [3.8, 4) is 0 Å². The van der Waals surface area contributed by atoms with Crippen LogP contribution in [0.1, 0.15) is 21.7 Å². The number of carbonyl (C=O) groups is 1. The largest absolute Gasteiger partial charge is 0.342 e. The molecule has 0 saturated heterocycles. The summed E-state index contributed by atoms with van der Waals surface area (Å²) in [4.78, 5) is 18.5. The van der Waals surface area contributed by atoms with E-state index >= 15 is 0 Å². The van der Waals surface area contributed by atoms with E-state index < -0.39 is 0 Å². The van der Waals surface area contributed by atoms with Gasteiger partial charge in [-0.05, 0) is 18.1 Å². The monoisotopic (exact) mass is 200 g/mol. The molecule has 0 amide bonds. The molecule has 1 aromatic carbocycles. The maximum atomic E-state index is 11.7. The van der Waals surface area contributed by atoms with E-state index in [0.29, 0.717) is 12.2 Å². The van der Waals surface area contributed by atoms with E-state index in [9.17, 15) is 4.79 Å². The van der Waals surface area contributed by atoms with Gasteiger partial charge in [0.1, 0.15) is 0 Å². The molecule has 15 heavy (non-hydrogen) atoms. The average molecular weight is 200 g/mol. The fraction of sp³-hybridized carbons (Fsp3) is 0.167. The third-order valence-corrected chi connectivity index (χ3v) is 2.37. The van der Waals surface area contributed by atoms with E-state index in [0.717, 1.165) is 11.1 Å². The summed E-state index contributed by atoms with van der Waals surface area (Å²) in [7, 11) is 0. The van der Waals surface area contributed by atoms with Crippen LogP contribution in [0.2, 0.25) is 0 Å². The molecule has 3 nitrogen and oxygen atoms in total. The van der Waals surface area contributed by atoms with Crippen LogP contribution < -0.4 is 0 Å². The Morgan fingerprint density at radius 1 is 1.40 bits per heavy atom. The van der Waals surface area contributed by atoms with Crippen molar-refractivity contribution in [1.82, 2.24) is 9.97 Å². The van der Waals surface area contributed by atoms with E-state index in [1.54, 1.807) is 12.4 Å². The molecule has 0 radical (unpaired) electrons. The number of hydrogen-bond donors (Lipinski definition) is 1. The molecule has 3 heteroatoms. The second-order valence-corrected chi connectivity index (χ2v) is 3.46. The lowest BCUT2D eigenvalue weighted by atomic mass is 10.0. The van der Waals surface area contributed by atoms with E-state index in [1.165, 1.54) is 0 Å². The molecule has 0 aliphatic heterocycles. The molecule has 0 atom stereocenters. The van der Waals surface area contributed by atoms with Gasteiger partial charge in [0.25, 0.3) is 0 Å². The highest BCUT2D eigenvalue weighted by Gasteiger charge is 2.09. The molecule has 1 aromatic heterocycles. The number of hydrogen-bond acceptors (Lipinski definition) is 2. The first kappa shape index (κ1) is 9.65. The normalized spacial score (nSPS) is 10.2. The lowest BCUT2D eigenvalue weighted by Crippen LogP contribution is -2.06. The number of Topliss-reactive ketones (excluding diaryl/α,β-unsaturated/α-hetero) is 1. The van der Waals surface area contributed by atoms with Gasteiger partial charge in [-0.1, -0.05) is 24.3 Å². The first-order chi connectivity index (χ1) is 7.27. The van der Waals surface area contributed by atoms with Crippen molar-refractivity contribution < 1.29 is 4.79 Å². The van der Waals surface area contributed by atoms with Crippen molar-refractivity contribution in [2.45, 2.75) is 13.3 Å². The number of aromatic nitrogens is 2. The Labute approximate surface area is 88.2 Å². The fourth-order valence-corrected chi connectivity index (χ4v) is 1.48. The molecular formula is C12H12N2O. The first-order valence-electron chi connectivity index (χ1n) is 4.84. The van der Waals surface area contributed by atoms with Crippen LogP contribution in [0, 0.1) is 6.92 Å². The summed E-state index contributed by atoms with van der Waals surface area (Å²) in [5.41, 5.74) is 2.19. The van der Waals surface area contributed by atoms with Gasteiger partial charge in [0.05, 0.1) is 0 Å². The molecule has 1 heterocycles. The third kappa shape index (κ3) is 2.13. The van der Waals surface area contributed by atoms with Crippen molar-refractivity contribution in [3.63, 3.8) is 0 Å². The zero-order valence-electron chi connectivity index (χ0n) is 8.53. The summed E-state index contributed by atoms with van der Waals surface area (Å²) < 4.78 is 0. The van der Waals surface area contributed by atoms with Gasteiger partial charge in [0, 0.05) is 18.8 Å². The summed E-state index contributed by atoms with van der Waals surface area (Å²) >= 11 is 0. The number of aromatic amines is 1. The Bertz CT molecular complexity index is 460. The van der Waals surface area contributed by atoms with Crippen LogP contribution in [0.3, 0.4) is 0 Å². The van der Waals surface area contributed by atoms with Crippen LogP contribution in [0.25, 0.3) is 0 Å².